The van der Waals surface area contributed by atoms with Crippen LogP contribution in [0.5, 0.6) is 0 Å². The zero-order valence-corrected chi connectivity index (χ0v) is 12.3. The lowest BCUT2D eigenvalue weighted by molar-refractivity contribution is 0.0952. The number of hydrogen-bond acceptors (Lipinski definition) is 2. The van der Waals surface area contributed by atoms with Gasteiger partial charge in [-0.05, 0) is 37.5 Å². The Morgan fingerprint density at radius 1 is 1.28 bits per heavy atom. The molecule has 2 N–H and O–H groups in total. The second-order valence-corrected chi connectivity index (χ2v) is 5.27. The van der Waals surface area contributed by atoms with Gasteiger partial charge < -0.3 is 10.4 Å². The number of nitrogens with one attached hydrogen (secondary N) is 1. The van der Waals surface area contributed by atoms with E-state index in [4.69, 9.17) is 5.11 Å². The number of hydrogen-bond donors (Lipinski definition) is 2. The average molecular weight is 314 g/mol. The molecule has 0 saturated heterocycles. The number of unbranched alkanes of at least 4 members (excludes halogenated alkanes) is 3. The number of carbonyl (C=O) groups excluding carboxylic acids is 1. The predicted molar refractivity (Wildman–Crippen MR) is 76.8 cm³/mol. The van der Waals surface area contributed by atoms with Crippen LogP contribution in [0.3, 0.4) is 0 Å². The second-order valence-electron chi connectivity index (χ2n) is 4.35. The molecule has 1 aromatic rings. The van der Waals surface area contributed by atoms with Gasteiger partial charge in [-0.2, -0.15) is 0 Å². The molecule has 0 saturated carbocycles. The zero-order valence-electron chi connectivity index (χ0n) is 10.7. The molecule has 18 heavy (non-hydrogen) atoms. The summed E-state index contributed by atoms with van der Waals surface area (Å²) in [5, 5.41) is 11.6. The summed E-state index contributed by atoms with van der Waals surface area (Å²) in [6, 6.07) is 5.71. The van der Waals surface area contributed by atoms with E-state index in [1.165, 1.54) is 0 Å². The molecule has 0 aliphatic heterocycles. The highest BCUT2D eigenvalue weighted by Gasteiger charge is 2.08. The Hall–Kier alpha value is -0.870. The van der Waals surface area contributed by atoms with Gasteiger partial charge in [-0.15, -0.1) is 0 Å². The van der Waals surface area contributed by atoms with Gasteiger partial charge in [0.15, 0.2) is 0 Å². The number of amides is 1. The normalized spacial score (nSPS) is 10.4. The lowest BCUT2D eigenvalue weighted by Crippen LogP contribution is -2.25. The molecule has 0 aliphatic rings. The molecule has 100 valence electrons. The van der Waals surface area contributed by atoms with Gasteiger partial charge >= 0.3 is 0 Å². The minimum absolute atomic E-state index is 0.0176. The van der Waals surface area contributed by atoms with Crippen LogP contribution in [-0.2, 0) is 0 Å². The van der Waals surface area contributed by atoms with Crippen molar-refractivity contribution in [2.24, 2.45) is 0 Å². The number of halogens is 1. The van der Waals surface area contributed by atoms with Crippen LogP contribution in [0.2, 0.25) is 0 Å². The SMILES string of the molecule is Cc1ccc(Br)cc1C(=O)NCCCCCCO. The van der Waals surface area contributed by atoms with Gasteiger partial charge in [0.25, 0.3) is 5.91 Å². The van der Waals surface area contributed by atoms with Gasteiger partial charge in [0.1, 0.15) is 0 Å². The number of rotatable bonds is 7. The van der Waals surface area contributed by atoms with E-state index < -0.39 is 0 Å². The number of carbonyl (C=O) groups is 1. The van der Waals surface area contributed by atoms with Crippen molar-refractivity contribution in [3.05, 3.63) is 33.8 Å². The molecule has 1 rings (SSSR count). The van der Waals surface area contributed by atoms with Crippen molar-refractivity contribution in [1.29, 1.82) is 0 Å². The fourth-order valence-electron chi connectivity index (χ4n) is 1.73. The maximum absolute atomic E-state index is 11.9. The minimum atomic E-state index is -0.0176. The van der Waals surface area contributed by atoms with Crippen LogP contribution in [0, 0.1) is 6.92 Å². The van der Waals surface area contributed by atoms with Crippen molar-refractivity contribution in [3.8, 4) is 0 Å². The molecular formula is C14H20BrNO2. The minimum Gasteiger partial charge on any atom is -0.396 e. The molecular weight excluding hydrogens is 294 g/mol. The first-order chi connectivity index (χ1) is 8.65. The van der Waals surface area contributed by atoms with Crippen LogP contribution >= 0.6 is 15.9 Å². The third-order valence-corrected chi connectivity index (χ3v) is 3.31. The third kappa shape index (κ3) is 5.19. The molecule has 1 amide bonds. The number of aliphatic hydroxyl groups excluding tert-OH is 1. The van der Waals surface area contributed by atoms with E-state index in [2.05, 4.69) is 21.2 Å². The van der Waals surface area contributed by atoms with Crippen molar-refractivity contribution in [2.45, 2.75) is 32.6 Å². The van der Waals surface area contributed by atoms with Crippen LogP contribution in [0.15, 0.2) is 22.7 Å². The average Bonchev–Trinajstić information content (AvgIpc) is 2.36. The summed E-state index contributed by atoms with van der Waals surface area (Å²) < 4.78 is 0.918. The molecule has 0 radical (unpaired) electrons. The summed E-state index contributed by atoms with van der Waals surface area (Å²) in [6.07, 6.45) is 3.86. The molecule has 0 spiro atoms. The first kappa shape index (κ1) is 15.2. The standard InChI is InChI=1S/C14H20BrNO2/c1-11-6-7-12(15)10-13(11)14(18)16-8-4-2-3-5-9-17/h6-7,10,17H,2-5,8-9H2,1H3,(H,16,18). The molecule has 4 heteroatoms. The van der Waals surface area contributed by atoms with Crippen LogP contribution in [-0.4, -0.2) is 24.2 Å². The van der Waals surface area contributed by atoms with Gasteiger partial charge in [-0.3, -0.25) is 4.79 Å². The van der Waals surface area contributed by atoms with Crippen LogP contribution in [0.1, 0.15) is 41.6 Å². The van der Waals surface area contributed by atoms with Crippen LogP contribution in [0.4, 0.5) is 0 Å². The van der Waals surface area contributed by atoms with Crippen molar-refractivity contribution in [3.63, 3.8) is 0 Å². The van der Waals surface area contributed by atoms with Gasteiger partial charge in [0, 0.05) is 23.2 Å². The number of aryl methyl sites for hydroxylation is 1. The molecule has 0 aromatic heterocycles. The lowest BCUT2D eigenvalue weighted by Gasteiger charge is -2.08. The highest BCUT2D eigenvalue weighted by Crippen LogP contribution is 2.15. The topological polar surface area (TPSA) is 49.3 Å². The fourth-order valence-corrected chi connectivity index (χ4v) is 2.09. The highest BCUT2D eigenvalue weighted by molar-refractivity contribution is 9.10. The zero-order chi connectivity index (χ0) is 13.4. The third-order valence-electron chi connectivity index (χ3n) is 2.81. The molecule has 0 atom stereocenters. The van der Waals surface area contributed by atoms with Crippen molar-refractivity contribution in [2.75, 3.05) is 13.2 Å². The summed E-state index contributed by atoms with van der Waals surface area (Å²) in [4.78, 5) is 11.9. The predicted octanol–water partition coefficient (Wildman–Crippen LogP) is 3.04. The molecule has 1 aromatic carbocycles. The number of aliphatic hydroxyl groups is 1. The van der Waals surface area contributed by atoms with E-state index in [-0.39, 0.29) is 12.5 Å². The summed E-state index contributed by atoms with van der Waals surface area (Å²) in [5.41, 5.74) is 1.70. The van der Waals surface area contributed by atoms with Gasteiger partial charge in [0.05, 0.1) is 0 Å². The van der Waals surface area contributed by atoms with Crippen molar-refractivity contribution < 1.29 is 9.90 Å². The number of benzene rings is 1. The van der Waals surface area contributed by atoms with E-state index in [0.29, 0.717) is 6.54 Å². The molecule has 3 nitrogen and oxygen atoms in total. The molecule has 0 aliphatic carbocycles. The quantitative estimate of drug-likeness (QED) is 0.760. The molecule has 0 unspecified atom stereocenters. The monoisotopic (exact) mass is 313 g/mol. The molecule has 0 fully saturated rings. The van der Waals surface area contributed by atoms with E-state index in [1.807, 2.05) is 25.1 Å². The lowest BCUT2D eigenvalue weighted by atomic mass is 10.1. The van der Waals surface area contributed by atoms with Crippen LogP contribution in [0.25, 0.3) is 0 Å². The second kappa shape index (κ2) is 8.27. The van der Waals surface area contributed by atoms with E-state index >= 15 is 0 Å². The van der Waals surface area contributed by atoms with E-state index in [9.17, 15) is 4.79 Å². The smallest absolute Gasteiger partial charge is 0.251 e. The summed E-state index contributed by atoms with van der Waals surface area (Å²) in [6.45, 7) is 2.88. The Kier molecular flexibility index (Phi) is 6.98. The summed E-state index contributed by atoms with van der Waals surface area (Å²) in [5.74, 6) is -0.0176. The summed E-state index contributed by atoms with van der Waals surface area (Å²) in [7, 11) is 0. The maximum atomic E-state index is 11.9. The van der Waals surface area contributed by atoms with E-state index in [1.54, 1.807) is 0 Å². The van der Waals surface area contributed by atoms with Crippen LogP contribution < -0.4 is 5.32 Å². The van der Waals surface area contributed by atoms with Crippen molar-refractivity contribution in [1.82, 2.24) is 5.32 Å². The Labute approximate surface area is 117 Å². The van der Waals surface area contributed by atoms with Gasteiger partial charge in [0.2, 0.25) is 0 Å². The first-order valence-corrected chi connectivity index (χ1v) is 7.09. The maximum Gasteiger partial charge on any atom is 0.251 e. The summed E-state index contributed by atoms with van der Waals surface area (Å²) >= 11 is 3.37. The van der Waals surface area contributed by atoms with Gasteiger partial charge in [-0.25, -0.2) is 0 Å². The Bertz CT molecular complexity index is 393. The molecule has 0 heterocycles. The Balaban J connectivity index is 2.34. The van der Waals surface area contributed by atoms with Gasteiger partial charge in [-0.1, -0.05) is 34.8 Å². The Morgan fingerprint density at radius 2 is 2.00 bits per heavy atom. The Morgan fingerprint density at radius 3 is 2.72 bits per heavy atom. The highest BCUT2D eigenvalue weighted by atomic mass is 79.9. The van der Waals surface area contributed by atoms with Crippen molar-refractivity contribution >= 4 is 21.8 Å². The fraction of sp³-hybridized carbons (Fsp3) is 0.500. The van der Waals surface area contributed by atoms with E-state index in [0.717, 1.165) is 41.3 Å². The first-order valence-electron chi connectivity index (χ1n) is 6.30. The molecule has 0 bridgehead atoms. The largest absolute Gasteiger partial charge is 0.396 e.